The van der Waals surface area contributed by atoms with Gasteiger partial charge in [-0.25, -0.2) is 4.68 Å². The van der Waals surface area contributed by atoms with E-state index >= 15 is 0 Å². The number of anilines is 2. The first-order valence-electron chi connectivity index (χ1n) is 4.84. The average Bonchev–Trinajstić information content (AvgIpc) is 2.54. The van der Waals surface area contributed by atoms with Gasteiger partial charge in [-0.2, -0.15) is 5.10 Å². The number of aliphatic hydroxyl groups excluding tert-OH is 1. The number of nitrogens with two attached hydrogens (primary N) is 1. The second-order valence-corrected chi connectivity index (χ2v) is 3.38. The lowest BCUT2D eigenvalue weighted by molar-refractivity contribution is 0.0856. The molecule has 0 aliphatic carbocycles. The molecule has 0 aliphatic rings. The van der Waals surface area contributed by atoms with Gasteiger partial charge in [-0.1, -0.05) is 0 Å². The van der Waals surface area contributed by atoms with Crippen molar-refractivity contribution in [3.63, 3.8) is 0 Å². The minimum Gasteiger partial charge on any atom is -0.394 e. The third kappa shape index (κ3) is 3.10. The summed E-state index contributed by atoms with van der Waals surface area (Å²) in [6, 6.07) is 0. The number of hydrogen-bond donors (Lipinski definition) is 2. The van der Waals surface area contributed by atoms with E-state index in [-0.39, 0.29) is 6.61 Å². The monoisotopic (exact) mass is 214 g/mol. The Bertz CT molecular complexity index is 298. The van der Waals surface area contributed by atoms with Crippen molar-refractivity contribution in [3.05, 3.63) is 6.20 Å². The molecule has 1 aromatic rings. The summed E-state index contributed by atoms with van der Waals surface area (Å²) in [7, 11) is 3.83. The minimum atomic E-state index is 0.0434. The van der Waals surface area contributed by atoms with Crippen LogP contribution in [0.1, 0.15) is 0 Å². The van der Waals surface area contributed by atoms with E-state index in [1.54, 1.807) is 10.9 Å². The molecule has 6 nitrogen and oxygen atoms in total. The molecular formula is C9H18N4O2. The Morgan fingerprint density at radius 1 is 1.53 bits per heavy atom. The summed E-state index contributed by atoms with van der Waals surface area (Å²) in [5.74, 6) is 0.877. The molecule has 86 valence electrons. The SMILES string of the molecule is CN(C)c1c(N)cnn1CCOCCO. The molecule has 1 aromatic heterocycles. The fraction of sp³-hybridized carbons (Fsp3) is 0.667. The Hall–Kier alpha value is -1.27. The molecule has 0 aromatic carbocycles. The third-order valence-electron chi connectivity index (χ3n) is 1.95. The third-order valence-corrected chi connectivity index (χ3v) is 1.95. The van der Waals surface area contributed by atoms with E-state index in [0.717, 1.165) is 5.82 Å². The molecule has 1 rings (SSSR count). The normalized spacial score (nSPS) is 10.6. The van der Waals surface area contributed by atoms with E-state index in [9.17, 15) is 0 Å². The van der Waals surface area contributed by atoms with Crippen LogP contribution in [0.3, 0.4) is 0 Å². The van der Waals surface area contributed by atoms with Crippen LogP contribution in [-0.4, -0.2) is 48.8 Å². The Labute approximate surface area is 89.2 Å². The van der Waals surface area contributed by atoms with Gasteiger partial charge in [0, 0.05) is 14.1 Å². The van der Waals surface area contributed by atoms with Gasteiger partial charge < -0.3 is 20.5 Å². The van der Waals surface area contributed by atoms with Crippen molar-refractivity contribution in [2.24, 2.45) is 0 Å². The number of aromatic nitrogens is 2. The molecule has 0 atom stereocenters. The number of ether oxygens (including phenoxy) is 1. The number of rotatable bonds is 6. The van der Waals surface area contributed by atoms with Crippen molar-refractivity contribution in [1.82, 2.24) is 9.78 Å². The molecule has 0 spiro atoms. The second kappa shape index (κ2) is 5.57. The number of nitrogens with zero attached hydrogens (tertiary/aromatic N) is 3. The van der Waals surface area contributed by atoms with Crippen molar-refractivity contribution in [1.29, 1.82) is 0 Å². The highest BCUT2D eigenvalue weighted by Gasteiger charge is 2.09. The molecule has 0 saturated heterocycles. The lowest BCUT2D eigenvalue weighted by Gasteiger charge is -2.15. The van der Waals surface area contributed by atoms with Gasteiger partial charge in [0.2, 0.25) is 0 Å². The maximum Gasteiger partial charge on any atom is 0.149 e. The van der Waals surface area contributed by atoms with Crippen molar-refractivity contribution in [2.45, 2.75) is 6.54 Å². The van der Waals surface area contributed by atoms with Crippen LogP contribution in [0.2, 0.25) is 0 Å². The zero-order chi connectivity index (χ0) is 11.3. The summed E-state index contributed by atoms with van der Waals surface area (Å²) < 4.78 is 6.94. The quantitative estimate of drug-likeness (QED) is 0.627. The van der Waals surface area contributed by atoms with Crippen LogP contribution in [0.25, 0.3) is 0 Å². The first kappa shape index (κ1) is 11.8. The van der Waals surface area contributed by atoms with E-state index in [0.29, 0.717) is 25.4 Å². The number of aliphatic hydroxyl groups is 1. The molecule has 0 unspecified atom stereocenters. The van der Waals surface area contributed by atoms with Gasteiger partial charge in [-0.15, -0.1) is 0 Å². The molecule has 0 aliphatic heterocycles. The summed E-state index contributed by atoms with van der Waals surface area (Å²) in [5.41, 5.74) is 6.42. The molecule has 0 fully saturated rings. The highest BCUT2D eigenvalue weighted by molar-refractivity contribution is 5.61. The molecule has 15 heavy (non-hydrogen) atoms. The van der Waals surface area contributed by atoms with Crippen LogP contribution in [0.15, 0.2) is 6.20 Å². The van der Waals surface area contributed by atoms with Crippen molar-refractivity contribution in [3.8, 4) is 0 Å². The molecular weight excluding hydrogens is 196 g/mol. The molecule has 6 heteroatoms. The fourth-order valence-electron chi connectivity index (χ4n) is 1.36. The maximum absolute atomic E-state index is 8.53. The van der Waals surface area contributed by atoms with Gasteiger partial charge in [0.25, 0.3) is 0 Å². The standard InChI is InChI=1S/C9H18N4O2/c1-12(2)9-8(10)7-11-13(9)3-5-15-6-4-14/h7,14H,3-6,10H2,1-2H3. The van der Waals surface area contributed by atoms with Gasteiger partial charge >= 0.3 is 0 Å². The van der Waals surface area contributed by atoms with Crippen LogP contribution in [0.4, 0.5) is 11.5 Å². The molecule has 0 radical (unpaired) electrons. The average molecular weight is 214 g/mol. The predicted molar refractivity (Wildman–Crippen MR) is 58.9 cm³/mol. The second-order valence-electron chi connectivity index (χ2n) is 3.38. The first-order valence-corrected chi connectivity index (χ1v) is 4.84. The zero-order valence-corrected chi connectivity index (χ0v) is 9.18. The smallest absolute Gasteiger partial charge is 0.149 e. The molecule has 3 N–H and O–H groups in total. The first-order chi connectivity index (χ1) is 7.16. The van der Waals surface area contributed by atoms with Crippen LogP contribution in [-0.2, 0) is 11.3 Å². The molecule has 1 heterocycles. The molecule has 0 amide bonds. The summed E-state index contributed by atoms with van der Waals surface area (Å²) >= 11 is 0. The highest BCUT2D eigenvalue weighted by atomic mass is 16.5. The fourth-order valence-corrected chi connectivity index (χ4v) is 1.36. The largest absolute Gasteiger partial charge is 0.394 e. The van der Waals surface area contributed by atoms with Crippen LogP contribution in [0, 0.1) is 0 Å². The lowest BCUT2D eigenvalue weighted by atomic mass is 10.5. The Balaban J connectivity index is 2.53. The van der Waals surface area contributed by atoms with Crippen molar-refractivity contribution >= 4 is 11.5 Å². The highest BCUT2D eigenvalue weighted by Crippen LogP contribution is 2.19. The Kier molecular flexibility index (Phi) is 4.38. The van der Waals surface area contributed by atoms with Gasteiger partial charge in [0.1, 0.15) is 5.82 Å². The zero-order valence-electron chi connectivity index (χ0n) is 9.18. The molecule has 0 bridgehead atoms. The maximum atomic E-state index is 8.53. The van der Waals surface area contributed by atoms with Gasteiger partial charge in [-0.05, 0) is 0 Å². The van der Waals surface area contributed by atoms with E-state index in [2.05, 4.69) is 5.10 Å². The summed E-state index contributed by atoms with van der Waals surface area (Å²) in [5, 5.41) is 12.7. The minimum absolute atomic E-state index is 0.0434. The Morgan fingerprint density at radius 3 is 2.87 bits per heavy atom. The lowest BCUT2D eigenvalue weighted by Crippen LogP contribution is -2.18. The van der Waals surface area contributed by atoms with Crippen molar-refractivity contribution < 1.29 is 9.84 Å². The van der Waals surface area contributed by atoms with E-state index in [4.69, 9.17) is 15.6 Å². The molecule has 0 saturated carbocycles. The Morgan fingerprint density at radius 2 is 2.27 bits per heavy atom. The number of nitrogen functional groups attached to an aromatic ring is 1. The number of hydrogen-bond acceptors (Lipinski definition) is 5. The van der Waals surface area contributed by atoms with Crippen molar-refractivity contribution in [2.75, 3.05) is 44.5 Å². The summed E-state index contributed by atoms with van der Waals surface area (Å²) in [6.45, 7) is 1.54. The van der Waals surface area contributed by atoms with E-state index < -0.39 is 0 Å². The van der Waals surface area contributed by atoms with Gasteiger partial charge in [-0.3, -0.25) is 0 Å². The van der Waals surface area contributed by atoms with E-state index in [1.165, 1.54) is 0 Å². The summed E-state index contributed by atoms with van der Waals surface area (Å²) in [6.07, 6.45) is 1.63. The summed E-state index contributed by atoms with van der Waals surface area (Å²) in [4.78, 5) is 1.91. The predicted octanol–water partition coefficient (Wildman–Crippen LogP) is -0.460. The topological polar surface area (TPSA) is 76.5 Å². The van der Waals surface area contributed by atoms with Crippen LogP contribution >= 0.6 is 0 Å². The van der Waals surface area contributed by atoms with E-state index in [1.807, 2.05) is 19.0 Å². The van der Waals surface area contributed by atoms with Crippen LogP contribution < -0.4 is 10.6 Å². The van der Waals surface area contributed by atoms with Crippen LogP contribution in [0.5, 0.6) is 0 Å². The van der Waals surface area contributed by atoms with Gasteiger partial charge in [0.15, 0.2) is 0 Å². The van der Waals surface area contributed by atoms with Gasteiger partial charge in [0.05, 0.1) is 38.2 Å².